The number of ether oxygens (including phenoxy) is 2. The Bertz CT molecular complexity index is 330. The van der Waals surface area contributed by atoms with E-state index in [1.165, 1.54) is 13.8 Å². The molecule has 0 aromatic carbocycles. The molecule has 0 rings (SSSR count). The minimum atomic E-state index is -1.59. The second-order valence-corrected chi connectivity index (χ2v) is 4.02. The lowest BCUT2D eigenvalue weighted by Gasteiger charge is -2.19. The average Bonchev–Trinajstić information content (AvgIpc) is 2.28. The van der Waals surface area contributed by atoms with Gasteiger partial charge in [0.25, 0.3) is 0 Å². The van der Waals surface area contributed by atoms with E-state index >= 15 is 0 Å². The summed E-state index contributed by atoms with van der Waals surface area (Å²) in [5, 5.41) is 19.5. The van der Waals surface area contributed by atoms with Crippen LogP contribution >= 0.6 is 0 Å². The van der Waals surface area contributed by atoms with Gasteiger partial charge in [0, 0.05) is 6.54 Å². The van der Waals surface area contributed by atoms with Crippen LogP contribution in [-0.4, -0.2) is 60.1 Å². The molecule has 9 nitrogen and oxygen atoms in total. The highest BCUT2D eigenvalue weighted by molar-refractivity contribution is 5.81. The average molecular weight is 278 g/mol. The molecule has 110 valence electrons. The topological polar surface area (TPSA) is 134 Å². The molecule has 0 amide bonds. The number of hydrogen-bond donors (Lipinski definition) is 4. The van der Waals surface area contributed by atoms with Gasteiger partial charge in [-0.2, -0.15) is 5.48 Å². The summed E-state index contributed by atoms with van der Waals surface area (Å²) < 4.78 is 9.35. The number of carbonyl (C=O) groups excluding carboxylic acids is 2. The normalized spacial score (nSPS) is 10.9. The fraction of sp³-hybridized carbons (Fsp3) is 0.700. The van der Waals surface area contributed by atoms with Gasteiger partial charge in [-0.05, 0) is 13.8 Å². The SMILES string of the molecule is CC(C)(OC(=O)CNCCOC(=O)CNO)C(=O)O. The molecule has 0 aliphatic heterocycles. The molecule has 9 heteroatoms. The first-order chi connectivity index (χ1) is 8.79. The van der Waals surface area contributed by atoms with E-state index in [4.69, 9.17) is 15.1 Å². The number of carboxylic acids is 1. The summed E-state index contributed by atoms with van der Waals surface area (Å²) in [6.45, 7) is 2.20. The Morgan fingerprint density at radius 2 is 1.79 bits per heavy atom. The van der Waals surface area contributed by atoms with Crippen LogP contribution in [0.25, 0.3) is 0 Å². The number of hydrogen-bond acceptors (Lipinski definition) is 8. The molecule has 0 bridgehead atoms. The highest BCUT2D eigenvalue weighted by Gasteiger charge is 2.31. The smallest absolute Gasteiger partial charge is 0.347 e. The molecule has 0 aromatic heterocycles. The van der Waals surface area contributed by atoms with Crippen LogP contribution in [0.2, 0.25) is 0 Å². The van der Waals surface area contributed by atoms with Crippen LogP contribution in [0.1, 0.15) is 13.8 Å². The van der Waals surface area contributed by atoms with Crippen molar-refractivity contribution < 1.29 is 34.2 Å². The Labute approximate surface area is 109 Å². The number of nitrogens with one attached hydrogen (secondary N) is 2. The summed E-state index contributed by atoms with van der Waals surface area (Å²) in [6, 6.07) is 0. The van der Waals surface area contributed by atoms with Gasteiger partial charge in [-0.15, -0.1) is 0 Å². The standard InChI is InChI=1S/C10H18N2O7/c1-10(2,9(15)16)19-8(14)5-11-3-4-18-7(13)6-12-17/h11-12,17H,3-6H2,1-2H3,(H,15,16). The Morgan fingerprint density at radius 1 is 1.16 bits per heavy atom. The van der Waals surface area contributed by atoms with Crippen molar-refractivity contribution in [3.05, 3.63) is 0 Å². The fourth-order valence-corrected chi connectivity index (χ4v) is 0.907. The minimum Gasteiger partial charge on any atom is -0.478 e. The number of hydroxylamine groups is 1. The van der Waals surface area contributed by atoms with Gasteiger partial charge < -0.3 is 25.1 Å². The van der Waals surface area contributed by atoms with Gasteiger partial charge in [-0.25, -0.2) is 4.79 Å². The minimum absolute atomic E-state index is 0.0100. The number of rotatable bonds is 9. The number of carboxylic acid groups (broad SMARTS) is 1. The third kappa shape index (κ3) is 8.08. The molecule has 0 saturated carbocycles. The Kier molecular flexibility index (Phi) is 7.65. The van der Waals surface area contributed by atoms with E-state index in [1.807, 2.05) is 0 Å². The zero-order valence-electron chi connectivity index (χ0n) is 10.8. The van der Waals surface area contributed by atoms with Crippen molar-refractivity contribution in [3.63, 3.8) is 0 Å². The van der Waals surface area contributed by atoms with Gasteiger partial charge >= 0.3 is 17.9 Å². The van der Waals surface area contributed by atoms with Gasteiger partial charge in [0.05, 0.1) is 6.54 Å². The van der Waals surface area contributed by atoms with Crippen molar-refractivity contribution in [1.29, 1.82) is 0 Å². The first-order valence-electron chi connectivity index (χ1n) is 5.48. The molecule has 0 fully saturated rings. The van der Waals surface area contributed by atoms with Crippen LogP contribution in [-0.2, 0) is 23.9 Å². The van der Waals surface area contributed by atoms with Crippen LogP contribution in [0.5, 0.6) is 0 Å². The molecule has 0 spiro atoms. The second kappa shape index (κ2) is 8.40. The molecule has 0 atom stereocenters. The molecule has 4 N–H and O–H groups in total. The zero-order chi connectivity index (χ0) is 14.9. The van der Waals surface area contributed by atoms with Crippen molar-refractivity contribution in [2.45, 2.75) is 19.4 Å². The maximum atomic E-state index is 11.3. The number of esters is 2. The Morgan fingerprint density at radius 3 is 2.32 bits per heavy atom. The maximum absolute atomic E-state index is 11.3. The number of aliphatic carboxylic acids is 1. The first-order valence-corrected chi connectivity index (χ1v) is 5.48. The van der Waals surface area contributed by atoms with Crippen molar-refractivity contribution in [2.24, 2.45) is 0 Å². The third-order valence-corrected chi connectivity index (χ3v) is 1.92. The Hall–Kier alpha value is -1.71. The Balaban J connectivity index is 3.70. The molecule has 0 radical (unpaired) electrons. The zero-order valence-corrected chi connectivity index (χ0v) is 10.8. The van der Waals surface area contributed by atoms with E-state index in [0.29, 0.717) is 0 Å². The largest absolute Gasteiger partial charge is 0.478 e. The molecular weight excluding hydrogens is 260 g/mol. The monoisotopic (exact) mass is 278 g/mol. The molecule has 0 aliphatic carbocycles. The summed E-state index contributed by atoms with van der Waals surface area (Å²) >= 11 is 0. The predicted molar refractivity (Wildman–Crippen MR) is 61.4 cm³/mol. The second-order valence-electron chi connectivity index (χ2n) is 4.02. The first kappa shape index (κ1) is 17.3. The quantitative estimate of drug-likeness (QED) is 0.226. The lowest BCUT2D eigenvalue weighted by molar-refractivity contribution is -0.173. The lowest BCUT2D eigenvalue weighted by Crippen LogP contribution is -2.40. The van der Waals surface area contributed by atoms with Gasteiger partial charge in [-0.3, -0.25) is 9.59 Å². The van der Waals surface area contributed by atoms with Crippen molar-refractivity contribution in [2.75, 3.05) is 26.2 Å². The lowest BCUT2D eigenvalue weighted by atomic mass is 10.1. The molecular formula is C10H18N2O7. The van der Waals surface area contributed by atoms with E-state index in [2.05, 4.69) is 10.1 Å². The van der Waals surface area contributed by atoms with Crippen LogP contribution < -0.4 is 10.8 Å². The highest BCUT2D eigenvalue weighted by atomic mass is 16.6. The summed E-state index contributed by atoms with van der Waals surface area (Å²) in [7, 11) is 0. The van der Waals surface area contributed by atoms with Gasteiger partial charge in [-0.1, -0.05) is 0 Å². The maximum Gasteiger partial charge on any atom is 0.347 e. The molecule has 0 saturated heterocycles. The fourth-order valence-electron chi connectivity index (χ4n) is 0.907. The van der Waals surface area contributed by atoms with E-state index in [-0.39, 0.29) is 26.2 Å². The van der Waals surface area contributed by atoms with Crippen molar-refractivity contribution >= 4 is 17.9 Å². The molecule has 0 aromatic rings. The van der Waals surface area contributed by atoms with Crippen molar-refractivity contribution in [3.8, 4) is 0 Å². The van der Waals surface area contributed by atoms with Crippen molar-refractivity contribution in [1.82, 2.24) is 10.8 Å². The van der Waals surface area contributed by atoms with E-state index in [0.717, 1.165) is 0 Å². The van der Waals surface area contributed by atoms with Gasteiger partial charge in [0.15, 0.2) is 0 Å². The third-order valence-electron chi connectivity index (χ3n) is 1.92. The van der Waals surface area contributed by atoms with Gasteiger partial charge in [0.1, 0.15) is 13.2 Å². The van der Waals surface area contributed by atoms with Crippen LogP contribution in [0.15, 0.2) is 0 Å². The van der Waals surface area contributed by atoms with Crippen LogP contribution in [0, 0.1) is 0 Å². The molecule has 19 heavy (non-hydrogen) atoms. The summed E-state index contributed by atoms with van der Waals surface area (Å²) in [4.78, 5) is 32.7. The molecule has 0 heterocycles. The van der Waals surface area contributed by atoms with E-state index in [1.54, 1.807) is 5.48 Å². The predicted octanol–water partition coefficient (Wildman–Crippen LogP) is -1.50. The molecule has 0 aliphatic rings. The van der Waals surface area contributed by atoms with Crippen LogP contribution in [0.4, 0.5) is 0 Å². The summed E-state index contributed by atoms with van der Waals surface area (Å²) in [5.74, 6) is -2.61. The van der Waals surface area contributed by atoms with E-state index in [9.17, 15) is 14.4 Å². The highest BCUT2D eigenvalue weighted by Crippen LogP contribution is 2.08. The van der Waals surface area contributed by atoms with Crippen LogP contribution in [0.3, 0.4) is 0 Å². The number of carbonyl (C=O) groups is 3. The van der Waals surface area contributed by atoms with Gasteiger partial charge in [0.2, 0.25) is 5.60 Å². The summed E-state index contributed by atoms with van der Waals surface area (Å²) in [5.41, 5.74) is 0.0530. The molecule has 0 unspecified atom stereocenters. The van der Waals surface area contributed by atoms with E-state index < -0.39 is 23.5 Å². The summed E-state index contributed by atoms with van der Waals surface area (Å²) in [6.07, 6.45) is 0.